The molecule has 96 valence electrons. The largest absolute Gasteiger partial charge is 0.383 e. The van der Waals surface area contributed by atoms with Gasteiger partial charge < -0.3 is 15.2 Å². The van der Waals surface area contributed by atoms with Gasteiger partial charge in [0, 0.05) is 24.2 Å². The first-order valence-corrected chi connectivity index (χ1v) is 6.50. The van der Waals surface area contributed by atoms with E-state index in [4.69, 9.17) is 14.5 Å². The van der Waals surface area contributed by atoms with E-state index < -0.39 is 11.4 Å². The summed E-state index contributed by atoms with van der Waals surface area (Å²) >= 11 is -2.34. The van der Waals surface area contributed by atoms with Crippen LogP contribution in [-0.4, -0.2) is 21.9 Å². The molecule has 0 radical (unpaired) electrons. The molecule has 0 fully saturated rings. The minimum absolute atomic E-state index is 0.369. The standard InChI is InChI=1S/C12H14N2O3S/c13-7-8-14-10-5-1-3-9-4-2-6-11(12(9)10)17-18(15)16/h1-6,14H,7-8,13H2,(H,15,16). The Labute approximate surface area is 107 Å². The zero-order valence-corrected chi connectivity index (χ0v) is 10.4. The van der Waals surface area contributed by atoms with E-state index in [1.54, 1.807) is 12.1 Å². The Balaban J connectivity index is 2.52. The summed E-state index contributed by atoms with van der Waals surface area (Å²) in [6.45, 7) is 1.13. The average Bonchev–Trinajstić information content (AvgIpc) is 2.35. The van der Waals surface area contributed by atoms with Gasteiger partial charge in [-0.15, -0.1) is 0 Å². The monoisotopic (exact) mass is 266 g/mol. The van der Waals surface area contributed by atoms with Crippen LogP contribution in [0.4, 0.5) is 5.69 Å². The Hall–Kier alpha value is -1.63. The Morgan fingerprint density at radius 2 is 2.00 bits per heavy atom. The maximum absolute atomic E-state index is 10.8. The van der Waals surface area contributed by atoms with E-state index in [1.807, 2.05) is 24.3 Å². The fourth-order valence-electron chi connectivity index (χ4n) is 1.81. The van der Waals surface area contributed by atoms with Crippen molar-refractivity contribution < 1.29 is 12.9 Å². The zero-order chi connectivity index (χ0) is 13.0. The quantitative estimate of drug-likeness (QED) is 0.718. The van der Waals surface area contributed by atoms with Gasteiger partial charge in [-0.25, -0.2) is 0 Å². The molecule has 2 aromatic carbocycles. The number of anilines is 1. The maximum atomic E-state index is 10.8. The summed E-state index contributed by atoms with van der Waals surface area (Å²) in [5.41, 5.74) is 6.29. The summed E-state index contributed by atoms with van der Waals surface area (Å²) in [4.78, 5) is 0. The van der Waals surface area contributed by atoms with Gasteiger partial charge in [0.15, 0.2) is 5.75 Å². The normalized spacial score (nSPS) is 12.3. The summed E-state index contributed by atoms with van der Waals surface area (Å²) in [5, 5.41) is 4.87. The summed E-state index contributed by atoms with van der Waals surface area (Å²) < 4.78 is 24.5. The summed E-state index contributed by atoms with van der Waals surface area (Å²) in [6, 6.07) is 11.0. The summed E-state index contributed by atoms with van der Waals surface area (Å²) in [7, 11) is 0. The van der Waals surface area contributed by atoms with Crippen LogP contribution in [0.25, 0.3) is 10.8 Å². The third-order valence-electron chi connectivity index (χ3n) is 2.49. The van der Waals surface area contributed by atoms with Gasteiger partial charge in [-0.05, 0) is 17.5 Å². The molecule has 0 heterocycles. The van der Waals surface area contributed by atoms with Gasteiger partial charge in [-0.3, -0.25) is 4.55 Å². The molecule has 2 rings (SSSR count). The van der Waals surface area contributed by atoms with E-state index in [2.05, 4.69) is 5.32 Å². The molecule has 18 heavy (non-hydrogen) atoms. The molecule has 0 aliphatic carbocycles. The smallest absolute Gasteiger partial charge is 0.357 e. The fourth-order valence-corrected chi connectivity index (χ4v) is 2.10. The first-order chi connectivity index (χ1) is 8.72. The number of rotatable bonds is 5. The topological polar surface area (TPSA) is 84.6 Å². The molecular formula is C12H14N2O3S. The van der Waals surface area contributed by atoms with Gasteiger partial charge in [0.05, 0.1) is 0 Å². The Morgan fingerprint density at radius 1 is 1.28 bits per heavy atom. The van der Waals surface area contributed by atoms with Gasteiger partial charge >= 0.3 is 11.4 Å². The first-order valence-electron chi connectivity index (χ1n) is 5.47. The molecule has 1 unspecified atom stereocenters. The van der Waals surface area contributed by atoms with Crippen molar-refractivity contribution in [3.05, 3.63) is 36.4 Å². The predicted octanol–water partition coefficient (Wildman–Crippen LogP) is 1.73. The van der Waals surface area contributed by atoms with Gasteiger partial charge in [-0.1, -0.05) is 24.3 Å². The lowest BCUT2D eigenvalue weighted by atomic mass is 10.1. The van der Waals surface area contributed by atoms with Gasteiger partial charge in [0.1, 0.15) is 0 Å². The number of nitrogens with two attached hydrogens (primary N) is 1. The van der Waals surface area contributed by atoms with Crippen molar-refractivity contribution in [1.29, 1.82) is 0 Å². The molecule has 6 heteroatoms. The fraction of sp³-hybridized carbons (Fsp3) is 0.167. The molecule has 5 nitrogen and oxygen atoms in total. The number of fused-ring (bicyclic) bond motifs is 1. The molecular weight excluding hydrogens is 252 g/mol. The molecule has 0 amide bonds. The van der Waals surface area contributed by atoms with Crippen molar-refractivity contribution in [2.24, 2.45) is 5.73 Å². The third-order valence-corrected chi connectivity index (χ3v) is 2.81. The van der Waals surface area contributed by atoms with E-state index in [-0.39, 0.29) is 0 Å². The molecule has 0 spiro atoms. The molecule has 0 aliphatic heterocycles. The minimum Gasteiger partial charge on any atom is -0.383 e. The molecule has 0 saturated heterocycles. The van der Waals surface area contributed by atoms with Crippen molar-refractivity contribution in [3.8, 4) is 5.75 Å². The zero-order valence-electron chi connectivity index (χ0n) is 9.63. The average molecular weight is 266 g/mol. The molecule has 2 aromatic rings. The first kappa shape index (κ1) is 12.8. The van der Waals surface area contributed by atoms with Crippen LogP contribution >= 0.6 is 0 Å². The Bertz CT molecular complexity index is 569. The summed E-state index contributed by atoms with van der Waals surface area (Å²) in [5.74, 6) is 0.369. The van der Waals surface area contributed by atoms with E-state index in [9.17, 15) is 4.21 Å². The maximum Gasteiger partial charge on any atom is 0.357 e. The third kappa shape index (κ3) is 2.79. The van der Waals surface area contributed by atoms with Crippen LogP contribution in [0.5, 0.6) is 5.75 Å². The number of nitrogens with one attached hydrogen (secondary N) is 1. The Kier molecular flexibility index (Phi) is 4.14. The van der Waals surface area contributed by atoms with Crippen LogP contribution in [0.3, 0.4) is 0 Å². The lowest BCUT2D eigenvalue weighted by Gasteiger charge is -2.11. The van der Waals surface area contributed by atoms with Crippen molar-refractivity contribution in [3.63, 3.8) is 0 Å². The van der Waals surface area contributed by atoms with E-state index in [0.717, 1.165) is 16.5 Å². The highest BCUT2D eigenvalue weighted by atomic mass is 32.2. The van der Waals surface area contributed by atoms with Gasteiger partial charge in [0.2, 0.25) is 0 Å². The van der Waals surface area contributed by atoms with Crippen LogP contribution in [0.2, 0.25) is 0 Å². The van der Waals surface area contributed by atoms with Crippen molar-refractivity contribution in [2.45, 2.75) is 0 Å². The molecule has 1 atom stereocenters. The van der Waals surface area contributed by atoms with Crippen molar-refractivity contribution >= 4 is 27.8 Å². The second kappa shape index (κ2) is 5.81. The highest BCUT2D eigenvalue weighted by Gasteiger charge is 2.09. The molecule has 0 bridgehead atoms. The number of hydrogen-bond acceptors (Lipinski definition) is 4. The predicted molar refractivity (Wildman–Crippen MR) is 72.9 cm³/mol. The van der Waals surface area contributed by atoms with E-state index in [1.165, 1.54) is 0 Å². The van der Waals surface area contributed by atoms with Crippen LogP contribution < -0.4 is 15.2 Å². The van der Waals surface area contributed by atoms with Crippen molar-refractivity contribution in [2.75, 3.05) is 18.4 Å². The van der Waals surface area contributed by atoms with E-state index >= 15 is 0 Å². The van der Waals surface area contributed by atoms with Crippen LogP contribution in [0.15, 0.2) is 36.4 Å². The van der Waals surface area contributed by atoms with Gasteiger partial charge in [-0.2, -0.15) is 4.21 Å². The lowest BCUT2D eigenvalue weighted by molar-refractivity contribution is 0.460. The van der Waals surface area contributed by atoms with Crippen LogP contribution in [0.1, 0.15) is 0 Å². The summed E-state index contributed by atoms with van der Waals surface area (Å²) in [6.07, 6.45) is 0. The van der Waals surface area contributed by atoms with Crippen LogP contribution in [0, 0.1) is 0 Å². The molecule has 4 N–H and O–H groups in total. The van der Waals surface area contributed by atoms with E-state index in [0.29, 0.717) is 18.8 Å². The molecule has 0 aliphatic rings. The molecule has 0 aromatic heterocycles. The minimum atomic E-state index is -2.34. The second-order valence-electron chi connectivity index (χ2n) is 3.68. The molecule has 0 saturated carbocycles. The SMILES string of the molecule is NCCNc1cccc2cccc(OS(=O)O)c12. The van der Waals surface area contributed by atoms with Crippen molar-refractivity contribution in [1.82, 2.24) is 0 Å². The highest BCUT2D eigenvalue weighted by molar-refractivity contribution is 7.74. The van der Waals surface area contributed by atoms with Gasteiger partial charge in [0.25, 0.3) is 0 Å². The Morgan fingerprint density at radius 3 is 2.67 bits per heavy atom. The van der Waals surface area contributed by atoms with Crippen LogP contribution in [-0.2, 0) is 11.4 Å². The second-order valence-corrected chi connectivity index (χ2v) is 4.28. The lowest BCUT2D eigenvalue weighted by Crippen LogP contribution is -2.13. The number of hydrogen-bond donors (Lipinski definition) is 3. The highest BCUT2D eigenvalue weighted by Crippen LogP contribution is 2.32. The number of benzene rings is 2.